The van der Waals surface area contributed by atoms with Crippen LogP contribution < -0.4 is 66.6 Å². The molecule has 0 aliphatic rings. The van der Waals surface area contributed by atoms with Crippen LogP contribution in [-0.2, 0) is 28.5 Å². The van der Waals surface area contributed by atoms with Gasteiger partial charge in [-0.3, -0.25) is 13.9 Å². The Morgan fingerprint density at radius 3 is 2.62 bits per heavy atom. The zero-order valence-electron chi connectivity index (χ0n) is 19.7. The first-order valence-electron chi connectivity index (χ1n) is 10.0. The third kappa shape index (κ3) is 7.96. The molecule has 3 aromatic heterocycles. The number of hydrogen-bond acceptors (Lipinski definition) is 8. The number of hydrogen-bond donors (Lipinski definition) is 1. The van der Waals surface area contributed by atoms with Crippen LogP contribution in [0.3, 0.4) is 0 Å². The average Bonchev–Trinajstić information content (AvgIpc) is 3.16. The number of alkyl halides is 3. The number of nitrogens with zero attached hydrogens (tertiary/aromatic N) is 5. The number of aromatic nitrogens is 4. The van der Waals surface area contributed by atoms with Crippen molar-refractivity contribution in [1.29, 1.82) is 5.26 Å². The summed E-state index contributed by atoms with van der Waals surface area (Å²) in [4.78, 5) is 37.0. The van der Waals surface area contributed by atoms with E-state index in [9.17, 15) is 27.4 Å². The van der Waals surface area contributed by atoms with Gasteiger partial charge in [-0.1, -0.05) is 11.6 Å². The normalized spacial score (nSPS) is 12.6. The van der Waals surface area contributed by atoms with Gasteiger partial charge in [-0.25, -0.2) is 9.67 Å². The predicted octanol–water partition coefficient (Wildman–Crippen LogP) is -0.408. The van der Waals surface area contributed by atoms with Crippen LogP contribution >= 0.6 is 19.4 Å². The van der Waals surface area contributed by atoms with Gasteiger partial charge in [-0.05, 0) is 36.4 Å². The number of halogens is 4. The minimum atomic E-state index is -5.09. The summed E-state index contributed by atoms with van der Waals surface area (Å²) in [6.07, 6.45) is -2.68. The molecule has 39 heavy (non-hydrogen) atoms. The van der Waals surface area contributed by atoms with E-state index in [-0.39, 0.29) is 91.1 Å². The van der Waals surface area contributed by atoms with Gasteiger partial charge in [0.2, 0.25) is 5.75 Å². The average molecular weight is 612 g/mol. The molecule has 18 heteroatoms. The van der Waals surface area contributed by atoms with Crippen LogP contribution in [0.1, 0.15) is 16.8 Å². The Bertz CT molecular complexity index is 1650. The summed E-state index contributed by atoms with van der Waals surface area (Å²) in [6, 6.07) is 9.04. The minimum Gasteiger partial charge on any atom is -0.756 e. The maximum absolute atomic E-state index is 13.7. The third-order valence-electron chi connectivity index (χ3n) is 4.89. The fourth-order valence-corrected chi connectivity index (χ4v) is 3.85. The SMILES string of the molecule is N#Cc1cc(Cl)cc(Oc2c(C(F)(F)F)ccn(Cc3nn(COP(=O)([O-])O)c4ncccc34)c2=O)c1.O.[K+]. The van der Waals surface area contributed by atoms with Crippen molar-refractivity contribution in [2.45, 2.75) is 19.5 Å². The van der Waals surface area contributed by atoms with Crippen molar-refractivity contribution in [2.24, 2.45) is 0 Å². The number of nitriles is 1. The number of ether oxygens (including phenoxy) is 1. The first-order valence-corrected chi connectivity index (χ1v) is 11.9. The van der Waals surface area contributed by atoms with Gasteiger partial charge >= 0.3 is 57.6 Å². The minimum absolute atomic E-state index is 0. The molecular weight excluding hydrogens is 597 g/mol. The Balaban J connectivity index is 0.00000267. The fourth-order valence-electron chi connectivity index (χ4n) is 3.37. The van der Waals surface area contributed by atoms with E-state index in [1.807, 2.05) is 0 Å². The van der Waals surface area contributed by atoms with E-state index in [0.717, 1.165) is 27.6 Å². The van der Waals surface area contributed by atoms with E-state index in [1.54, 1.807) is 12.1 Å². The molecule has 0 bridgehead atoms. The standard InChI is InChI=1S/C21H14ClF3N5O6P.K.H2O/c22-13-6-12(9-26)7-14(8-13)36-18-16(21(23,24)25)3-5-29(20(18)31)10-17-15-2-1-4-27-19(15)30(28-17)11-35-37(32,33)34;;/h1-8H,10-11H2,(H2,32,33,34);;1H2/q;+1;/p-1. The van der Waals surface area contributed by atoms with Gasteiger partial charge in [0.05, 0.1) is 23.9 Å². The van der Waals surface area contributed by atoms with Crippen LogP contribution in [0, 0.1) is 11.3 Å². The molecule has 3 N–H and O–H groups in total. The molecule has 3 heterocycles. The number of fused-ring (bicyclic) bond motifs is 1. The van der Waals surface area contributed by atoms with Crippen LogP contribution in [0.15, 0.2) is 53.6 Å². The Kier molecular flexibility index (Phi) is 11.0. The van der Waals surface area contributed by atoms with Gasteiger partial charge in [0.25, 0.3) is 13.4 Å². The van der Waals surface area contributed by atoms with Gasteiger partial charge in [0.15, 0.2) is 5.65 Å². The molecule has 0 radical (unpaired) electrons. The summed E-state index contributed by atoms with van der Waals surface area (Å²) in [7, 11) is -5.09. The summed E-state index contributed by atoms with van der Waals surface area (Å²) in [5.74, 6) is -1.31. The smallest absolute Gasteiger partial charge is 0.756 e. The van der Waals surface area contributed by atoms with Crippen LogP contribution in [0.2, 0.25) is 5.02 Å². The molecule has 0 spiro atoms. The molecule has 1 aromatic carbocycles. The van der Waals surface area contributed by atoms with Gasteiger partial charge in [0, 0.05) is 22.8 Å². The molecule has 0 amide bonds. The van der Waals surface area contributed by atoms with Crippen molar-refractivity contribution < 1.29 is 93.6 Å². The van der Waals surface area contributed by atoms with Crippen LogP contribution in [-0.4, -0.2) is 29.7 Å². The number of pyridine rings is 2. The second kappa shape index (κ2) is 13.0. The second-order valence-electron chi connectivity index (χ2n) is 7.43. The van der Waals surface area contributed by atoms with E-state index in [4.69, 9.17) is 26.5 Å². The van der Waals surface area contributed by atoms with Crippen LogP contribution in [0.4, 0.5) is 13.2 Å². The van der Waals surface area contributed by atoms with Gasteiger partial charge < -0.3 is 24.6 Å². The zero-order chi connectivity index (χ0) is 27.0. The molecular formula is C21H15ClF3KN5O7P. The van der Waals surface area contributed by atoms with E-state index >= 15 is 0 Å². The summed E-state index contributed by atoms with van der Waals surface area (Å²) >= 11 is 5.90. The van der Waals surface area contributed by atoms with Crippen LogP contribution in [0.25, 0.3) is 11.0 Å². The molecule has 0 aliphatic heterocycles. The molecule has 12 nitrogen and oxygen atoms in total. The molecule has 0 saturated carbocycles. The van der Waals surface area contributed by atoms with Crippen molar-refractivity contribution >= 4 is 30.5 Å². The Morgan fingerprint density at radius 1 is 1.26 bits per heavy atom. The van der Waals surface area contributed by atoms with Gasteiger partial charge in [-0.2, -0.15) is 23.5 Å². The monoisotopic (exact) mass is 611 g/mol. The summed E-state index contributed by atoms with van der Waals surface area (Å²) in [5, 5.41) is 13.6. The molecule has 1 unspecified atom stereocenters. The van der Waals surface area contributed by atoms with E-state index in [0.29, 0.717) is 11.5 Å². The first kappa shape index (κ1) is 33.1. The zero-order valence-corrected chi connectivity index (χ0v) is 24.5. The molecule has 0 aliphatic carbocycles. The van der Waals surface area contributed by atoms with E-state index < -0.39 is 37.6 Å². The molecule has 0 saturated heterocycles. The molecule has 0 fully saturated rings. The van der Waals surface area contributed by atoms with Gasteiger partial charge in [-0.15, -0.1) is 0 Å². The van der Waals surface area contributed by atoms with Crippen molar-refractivity contribution in [3.63, 3.8) is 0 Å². The first-order chi connectivity index (χ1) is 17.4. The molecule has 200 valence electrons. The molecule has 4 rings (SSSR count). The van der Waals surface area contributed by atoms with E-state index in [1.165, 1.54) is 18.3 Å². The maximum atomic E-state index is 13.7. The summed E-state index contributed by atoms with van der Waals surface area (Å²) in [6.45, 7) is -1.10. The van der Waals surface area contributed by atoms with Crippen molar-refractivity contribution in [3.05, 3.63) is 81.0 Å². The number of phosphoric ester groups is 1. The summed E-state index contributed by atoms with van der Waals surface area (Å²) < 4.78 is 63.6. The topological polar surface area (TPSA) is 187 Å². The number of phosphoric acid groups is 1. The fraction of sp³-hybridized carbons (Fsp3) is 0.143. The molecule has 4 aromatic rings. The molecule has 1 atom stereocenters. The summed E-state index contributed by atoms with van der Waals surface area (Å²) in [5.41, 5.74) is -2.26. The quantitative estimate of drug-likeness (QED) is 0.214. The van der Waals surface area contributed by atoms with Crippen molar-refractivity contribution in [3.8, 4) is 17.6 Å². The van der Waals surface area contributed by atoms with Crippen LogP contribution in [0.5, 0.6) is 11.5 Å². The van der Waals surface area contributed by atoms with Crippen molar-refractivity contribution in [2.75, 3.05) is 0 Å². The Labute approximate surface area is 264 Å². The third-order valence-corrected chi connectivity index (χ3v) is 5.55. The second-order valence-corrected chi connectivity index (χ2v) is 9.06. The number of rotatable bonds is 7. The largest absolute Gasteiger partial charge is 1.00 e. The van der Waals surface area contributed by atoms with E-state index in [2.05, 4.69) is 14.6 Å². The maximum Gasteiger partial charge on any atom is 1.00 e. The Morgan fingerprint density at radius 2 is 1.97 bits per heavy atom. The van der Waals surface area contributed by atoms with Gasteiger partial charge in [0.1, 0.15) is 18.0 Å². The number of benzene rings is 1. The Hall–Kier alpha value is -2.13. The van der Waals surface area contributed by atoms with Crippen molar-refractivity contribution in [1.82, 2.24) is 19.3 Å². The predicted molar refractivity (Wildman–Crippen MR) is 123 cm³/mol.